The number of nitrogens with zero attached hydrogens (tertiary/aromatic N) is 1. The van der Waals surface area contributed by atoms with E-state index < -0.39 is 0 Å². The molecule has 0 heterocycles. The number of aryl methyl sites for hydroxylation is 1. The minimum Gasteiger partial charge on any atom is -0.466 e. The molecule has 124 valence electrons. The van der Waals surface area contributed by atoms with Crippen LogP contribution in [0.25, 0.3) is 11.1 Å². The summed E-state index contributed by atoms with van der Waals surface area (Å²) in [5.41, 5.74) is 5.57. The van der Waals surface area contributed by atoms with E-state index in [0.29, 0.717) is 12.2 Å². The molecule has 0 saturated heterocycles. The highest BCUT2D eigenvalue weighted by Crippen LogP contribution is 2.35. The Bertz CT molecular complexity index is 789. The smallest absolute Gasteiger partial charge is 0.310 e. The molecular weight excluding hydrogens is 318 g/mol. The van der Waals surface area contributed by atoms with Crippen molar-refractivity contribution in [3.63, 3.8) is 0 Å². The van der Waals surface area contributed by atoms with Crippen molar-refractivity contribution in [3.05, 3.63) is 52.6 Å². The van der Waals surface area contributed by atoms with Gasteiger partial charge in [0.05, 0.1) is 18.6 Å². The number of esters is 1. The number of rotatable bonds is 5. The van der Waals surface area contributed by atoms with E-state index in [1.54, 1.807) is 18.7 Å². The average Bonchev–Trinajstić information content (AvgIpc) is 2.57. The number of benzene rings is 2. The summed E-state index contributed by atoms with van der Waals surface area (Å²) in [5.74, 6) is -0.269. The first-order valence-corrected chi connectivity index (χ1v) is 9.07. The Morgan fingerprint density at radius 1 is 1.25 bits per heavy atom. The molecule has 4 heteroatoms. The van der Waals surface area contributed by atoms with Crippen molar-refractivity contribution in [1.82, 2.24) is 0 Å². The van der Waals surface area contributed by atoms with E-state index in [-0.39, 0.29) is 12.4 Å². The lowest BCUT2D eigenvalue weighted by Crippen LogP contribution is -2.11. The topological polar surface area (TPSA) is 50.1 Å². The fraction of sp³-hybridized carbons (Fsp3) is 0.300. The first kappa shape index (κ1) is 18.1. The normalized spacial score (nSPS) is 10.3. The minimum atomic E-state index is -0.269. The Hall–Kier alpha value is -2.25. The van der Waals surface area contributed by atoms with Crippen LogP contribution in [0.2, 0.25) is 0 Å². The van der Waals surface area contributed by atoms with Gasteiger partial charge in [-0.05, 0) is 55.3 Å². The summed E-state index contributed by atoms with van der Waals surface area (Å²) in [7, 11) is 0. The van der Waals surface area contributed by atoms with Crippen molar-refractivity contribution < 1.29 is 9.53 Å². The van der Waals surface area contributed by atoms with Gasteiger partial charge in [0.2, 0.25) is 0 Å². The Balaban J connectivity index is 2.66. The second kappa shape index (κ2) is 8.03. The molecule has 0 N–H and O–H groups in total. The number of hydrogen-bond donors (Lipinski definition) is 0. The van der Waals surface area contributed by atoms with Crippen LogP contribution in [0.15, 0.2) is 35.2 Å². The Kier molecular flexibility index (Phi) is 6.05. The van der Waals surface area contributed by atoms with Crippen molar-refractivity contribution in [2.45, 2.75) is 32.1 Å². The number of hydrogen-bond acceptors (Lipinski definition) is 4. The van der Waals surface area contributed by atoms with Crippen LogP contribution < -0.4 is 0 Å². The maximum atomic E-state index is 12.0. The molecule has 0 fully saturated rings. The largest absolute Gasteiger partial charge is 0.466 e. The fourth-order valence-electron chi connectivity index (χ4n) is 2.70. The number of carbonyl (C=O) groups excluding carboxylic acids is 1. The zero-order valence-electron chi connectivity index (χ0n) is 14.5. The molecule has 0 spiro atoms. The van der Waals surface area contributed by atoms with E-state index in [4.69, 9.17) is 4.74 Å². The summed E-state index contributed by atoms with van der Waals surface area (Å²) in [4.78, 5) is 13.0. The number of carbonyl (C=O) groups is 1. The molecule has 0 aliphatic carbocycles. The van der Waals surface area contributed by atoms with E-state index in [2.05, 4.69) is 30.3 Å². The summed E-state index contributed by atoms with van der Waals surface area (Å²) < 4.78 is 5.11. The van der Waals surface area contributed by atoms with Crippen LogP contribution in [0.4, 0.5) is 0 Å². The highest BCUT2D eigenvalue weighted by Gasteiger charge is 2.18. The zero-order valence-corrected chi connectivity index (χ0v) is 15.3. The predicted molar refractivity (Wildman–Crippen MR) is 98.2 cm³/mol. The third-order valence-corrected chi connectivity index (χ3v) is 4.76. The molecule has 2 aromatic rings. The van der Waals surface area contributed by atoms with Crippen molar-refractivity contribution in [2.24, 2.45) is 0 Å². The highest BCUT2D eigenvalue weighted by molar-refractivity contribution is 7.98. The molecular formula is C20H21NO2S. The molecule has 0 atom stereocenters. The van der Waals surface area contributed by atoms with Gasteiger partial charge in [0.25, 0.3) is 0 Å². The summed E-state index contributed by atoms with van der Waals surface area (Å²) in [6.45, 7) is 6.10. The second-order valence-corrected chi connectivity index (χ2v) is 6.41. The van der Waals surface area contributed by atoms with Crippen LogP contribution in [0.1, 0.15) is 29.2 Å². The predicted octanol–water partition coefficient (Wildman–Crippen LogP) is 4.67. The Morgan fingerprint density at radius 3 is 2.46 bits per heavy atom. The molecule has 3 nitrogen and oxygen atoms in total. The zero-order chi connectivity index (χ0) is 17.7. The lowest BCUT2D eigenvalue weighted by atomic mass is 9.90. The molecule has 0 unspecified atom stereocenters. The number of ether oxygens (including phenoxy) is 1. The summed E-state index contributed by atoms with van der Waals surface area (Å²) in [6.07, 6.45) is 2.13. The molecule has 0 aliphatic rings. The number of nitriles is 1. The maximum Gasteiger partial charge on any atom is 0.310 e. The summed E-state index contributed by atoms with van der Waals surface area (Å²) in [6, 6.07) is 12.5. The van der Waals surface area contributed by atoms with Gasteiger partial charge in [-0.3, -0.25) is 4.79 Å². The Morgan fingerprint density at radius 2 is 1.92 bits per heavy atom. The molecule has 0 saturated carbocycles. The molecule has 0 aromatic heterocycles. The van der Waals surface area contributed by atoms with Crippen LogP contribution in [-0.2, 0) is 16.0 Å². The monoisotopic (exact) mass is 339 g/mol. The van der Waals surface area contributed by atoms with Gasteiger partial charge in [0.1, 0.15) is 6.07 Å². The van der Waals surface area contributed by atoms with Crippen molar-refractivity contribution >= 4 is 17.7 Å². The molecule has 0 aliphatic heterocycles. The molecule has 2 rings (SSSR count). The van der Waals surface area contributed by atoms with E-state index >= 15 is 0 Å². The van der Waals surface area contributed by atoms with Gasteiger partial charge >= 0.3 is 5.97 Å². The second-order valence-electron chi connectivity index (χ2n) is 5.56. The third-order valence-electron chi connectivity index (χ3n) is 4.00. The minimum absolute atomic E-state index is 0.173. The van der Waals surface area contributed by atoms with E-state index in [1.807, 2.05) is 26.2 Å². The van der Waals surface area contributed by atoms with Crippen LogP contribution >= 0.6 is 11.8 Å². The van der Waals surface area contributed by atoms with Gasteiger partial charge in [0, 0.05) is 4.90 Å². The van der Waals surface area contributed by atoms with Gasteiger partial charge in [0.15, 0.2) is 0 Å². The molecule has 0 bridgehead atoms. The SMILES string of the molecule is CCOC(=O)Cc1c(-c2ccc(C)cc2)cc(SC)c(C#N)c1C. The number of thioether (sulfide) groups is 1. The van der Waals surface area contributed by atoms with E-state index in [9.17, 15) is 10.1 Å². The maximum absolute atomic E-state index is 12.0. The third kappa shape index (κ3) is 3.80. The van der Waals surface area contributed by atoms with E-state index in [1.165, 1.54) is 5.56 Å². The van der Waals surface area contributed by atoms with E-state index in [0.717, 1.165) is 27.1 Å². The molecule has 0 radical (unpaired) electrons. The highest BCUT2D eigenvalue weighted by atomic mass is 32.2. The van der Waals surface area contributed by atoms with Gasteiger partial charge in [-0.25, -0.2) is 0 Å². The van der Waals surface area contributed by atoms with Crippen molar-refractivity contribution in [3.8, 4) is 17.2 Å². The van der Waals surface area contributed by atoms with Crippen LogP contribution in [-0.4, -0.2) is 18.8 Å². The van der Waals surface area contributed by atoms with Crippen LogP contribution in [0, 0.1) is 25.2 Å². The lowest BCUT2D eigenvalue weighted by molar-refractivity contribution is -0.142. The Labute approximate surface area is 147 Å². The lowest BCUT2D eigenvalue weighted by Gasteiger charge is -2.17. The standard InChI is InChI=1S/C20H21NO2S/c1-5-23-20(22)11-16-14(3)18(12-21)19(24-4)10-17(16)15-8-6-13(2)7-9-15/h6-10H,5,11H2,1-4H3. The summed E-state index contributed by atoms with van der Waals surface area (Å²) in [5, 5.41) is 9.51. The van der Waals surface area contributed by atoms with Crippen LogP contribution in [0.3, 0.4) is 0 Å². The van der Waals surface area contributed by atoms with Crippen LogP contribution in [0.5, 0.6) is 0 Å². The molecule has 24 heavy (non-hydrogen) atoms. The van der Waals surface area contributed by atoms with Gasteiger partial charge in [-0.1, -0.05) is 29.8 Å². The summed E-state index contributed by atoms with van der Waals surface area (Å²) >= 11 is 1.55. The van der Waals surface area contributed by atoms with Gasteiger partial charge < -0.3 is 4.74 Å². The van der Waals surface area contributed by atoms with Crippen molar-refractivity contribution in [2.75, 3.05) is 12.9 Å². The fourth-order valence-corrected chi connectivity index (χ4v) is 3.34. The quantitative estimate of drug-likeness (QED) is 0.587. The average molecular weight is 339 g/mol. The molecule has 2 aromatic carbocycles. The first-order valence-electron chi connectivity index (χ1n) is 7.85. The van der Waals surface area contributed by atoms with Crippen molar-refractivity contribution in [1.29, 1.82) is 5.26 Å². The van der Waals surface area contributed by atoms with Gasteiger partial charge in [-0.15, -0.1) is 11.8 Å². The molecule has 0 amide bonds. The first-order chi connectivity index (χ1) is 11.5. The van der Waals surface area contributed by atoms with Gasteiger partial charge in [-0.2, -0.15) is 5.26 Å².